The van der Waals surface area contributed by atoms with E-state index in [9.17, 15) is 13.2 Å². The number of aromatic amines is 1. The first-order valence-electron chi connectivity index (χ1n) is 10.6. The smallest absolute Gasteiger partial charge is 0.428 e. The van der Waals surface area contributed by atoms with Crippen LogP contribution in [0.3, 0.4) is 0 Å². The van der Waals surface area contributed by atoms with Crippen LogP contribution >= 0.6 is 11.6 Å². The highest BCUT2D eigenvalue weighted by atomic mass is 35.5. The van der Waals surface area contributed by atoms with Crippen molar-refractivity contribution in [2.45, 2.75) is 31.5 Å². The van der Waals surface area contributed by atoms with Gasteiger partial charge in [0.15, 0.2) is 11.5 Å². The van der Waals surface area contributed by atoms with E-state index in [1.54, 1.807) is 6.07 Å². The summed E-state index contributed by atoms with van der Waals surface area (Å²) in [6, 6.07) is 10.9. The zero-order chi connectivity index (χ0) is 22.3. The number of ether oxygens (including phenoxy) is 2. The Bertz CT molecular complexity index is 1160. The summed E-state index contributed by atoms with van der Waals surface area (Å²) in [5.41, 5.74) is 3.04. The minimum absolute atomic E-state index is 0.131. The first-order valence-corrected chi connectivity index (χ1v) is 11.0. The second kappa shape index (κ2) is 8.28. The van der Waals surface area contributed by atoms with Crippen molar-refractivity contribution in [3.8, 4) is 11.5 Å². The number of allylic oxidation sites excluding steroid dienone is 1. The van der Waals surface area contributed by atoms with Crippen molar-refractivity contribution in [1.29, 1.82) is 0 Å². The van der Waals surface area contributed by atoms with Crippen molar-refractivity contribution in [2.75, 3.05) is 18.1 Å². The van der Waals surface area contributed by atoms with Gasteiger partial charge in [0, 0.05) is 34.9 Å². The molecule has 2 aliphatic rings. The van der Waals surface area contributed by atoms with E-state index in [0.717, 1.165) is 37.0 Å². The maximum Gasteiger partial charge on any atom is 0.428 e. The van der Waals surface area contributed by atoms with Crippen LogP contribution in [0.25, 0.3) is 10.9 Å². The number of nitrogens with one attached hydrogen (secondary N) is 1. The third-order valence-corrected chi connectivity index (χ3v) is 6.31. The van der Waals surface area contributed by atoms with Gasteiger partial charge in [-0.2, -0.15) is 13.2 Å². The van der Waals surface area contributed by atoms with Crippen molar-refractivity contribution >= 4 is 28.2 Å². The molecule has 0 aliphatic carbocycles. The van der Waals surface area contributed by atoms with Gasteiger partial charge in [-0.25, -0.2) is 0 Å². The van der Waals surface area contributed by atoms with Crippen LogP contribution in [-0.2, 0) is 6.42 Å². The zero-order valence-electron chi connectivity index (χ0n) is 17.2. The average molecular weight is 463 g/mol. The lowest BCUT2D eigenvalue weighted by molar-refractivity contribution is -0.207. The highest BCUT2D eigenvalue weighted by molar-refractivity contribution is 6.31. The molecule has 0 fully saturated rings. The second-order valence-corrected chi connectivity index (χ2v) is 8.63. The van der Waals surface area contributed by atoms with Crippen molar-refractivity contribution in [2.24, 2.45) is 5.92 Å². The molecule has 2 unspecified atom stereocenters. The highest BCUT2D eigenvalue weighted by Crippen LogP contribution is 2.43. The Kier molecular flexibility index (Phi) is 5.45. The molecular weight excluding hydrogens is 441 g/mol. The van der Waals surface area contributed by atoms with Crippen LogP contribution in [0.1, 0.15) is 18.4 Å². The molecule has 0 saturated carbocycles. The van der Waals surface area contributed by atoms with Gasteiger partial charge in [0.25, 0.3) is 0 Å². The summed E-state index contributed by atoms with van der Waals surface area (Å²) in [5, 5.41) is 1.91. The molecule has 3 aromatic rings. The van der Waals surface area contributed by atoms with E-state index in [4.69, 9.17) is 21.1 Å². The maximum atomic E-state index is 13.0. The fourth-order valence-corrected chi connectivity index (χ4v) is 4.50. The quantitative estimate of drug-likeness (QED) is 0.481. The summed E-state index contributed by atoms with van der Waals surface area (Å²) in [6.45, 7) is 0.219. The molecule has 0 saturated heterocycles. The topological polar surface area (TPSA) is 37.5 Å². The van der Waals surface area contributed by atoms with E-state index >= 15 is 0 Å². The number of aryl methyl sites for hydroxylation is 1. The van der Waals surface area contributed by atoms with Gasteiger partial charge in [-0.3, -0.25) is 0 Å². The lowest BCUT2D eigenvalue weighted by atomic mass is 9.94. The summed E-state index contributed by atoms with van der Waals surface area (Å²) in [5.74, 6) is 0.925. The molecule has 2 atom stereocenters. The third-order valence-electron chi connectivity index (χ3n) is 6.07. The molecule has 0 amide bonds. The second-order valence-electron chi connectivity index (χ2n) is 8.19. The molecule has 32 heavy (non-hydrogen) atoms. The SMILES string of the molecule is FC(F)(F)C1COc2c(cccc2N2C=CC(CCc3c[nH]c4cc(Cl)ccc34)CC2)O1. The molecule has 2 aromatic carbocycles. The number of alkyl halides is 3. The predicted molar refractivity (Wildman–Crippen MR) is 119 cm³/mol. The number of anilines is 1. The fraction of sp³-hybridized carbons (Fsp3) is 0.333. The molecule has 0 spiro atoms. The molecule has 168 valence electrons. The molecule has 1 aromatic heterocycles. The maximum absolute atomic E-state index is 13.0. The molecule has 2 aliphatic heterocycles. The van der Waals surface area contributed by atoms with E-state index in [-0.39, 0.29) is 5.75 Å². The average Bonchev–Trinajstić information content (AvgIpc) is 3.18. The summed E-state index contributed by atoms with van der Waals surface area (Å²) in [4.78, 5) is 5.29. The Labute approximate surface area is 188 Å². The van der Waals surface area contributed by atoms with Gasteiger partial charge in [0.1, 0.15) is 6.61 Å². The van der Waals surface area contributed by atoms with Crippen LogP contribution in [0.5, 0.6) is 11.5 Å². The summed E-state index contributed by atoms with van der Waals surface area (Å²) in [6.07, 6.45) is 2.72. The molecule has 0 radical (unpaired) electrons. The number of hydrogen-bond donors (Lipinski definition) is 1. The first-order chi connectivity index (χ1) is 15.4. The highest BCUT2D eigenvalue weighted by Gasteiger charge is 2.45. The van der Waals surface area contributed by atoms with Gasteiger partial charge >= 0.3 is 6.18 Å². The number of benzene rings is 2. The standard InChI is InChI=1S/C24H22ClF3N2O2/c25-17-6-7-18-16(13-29-19(18)12-17)5-4-15-8-10-30(11-9-15)20-2-1-3-21-23(20)31-14-22(32-21)24(26,27)28/h1-3,6-8,10,12-13,15,22,29H,4-5,9,11,14H2. The molecular formula is C24H22ClF3N2O2. The summed E-state index contributed by atoms with van der Waals surface area (Å²) < 4.78 is 49.6. The number of aromatic nitrogens is 1. The van der Waals surface area contributed by atoms with Gasteiger partial charge in [0.05, 0.1) is 5.69 Å². The summed E-state index contributed by atoms with van der Waals surface area (Å²) in [7, 11) is 0. The van der Waals surface area contributed by atoms with Crippen LogP contribution in [0, 0.1) is 5.92 Å². The van der Waals surface area contributed by atoms with Gasteiger partial charge in [-0.05, 0) is 55.0 Å². The molecule has 3 heterocycles. The van der Waals surface area contributed by atoms with E-state index in [2.05, 4.69) is 11.1 Å². The Morgan fingerprint density at radius 1 is 1.19 bits per heavy atom. The normalized spacial score (nSPS) is 20.7. The monoisotopic (exact) mass is 462 g/mol. The van der Waals surface area contributed by atoms with Crippen LogP contribution in [0.15, 0.2) is 54.9 Å². The minimum Gasteiger partial charge on any atom is -0.483 e. The largest absolute Gasteiger partial charge is 0.483 e. The van der Waals surface area contributed by atoms with Gasteiger partial charge in [-0.15, -0.1) is 0 Å². The van der Waals surface area contributed by atoms with E-state index in [1.165, 1.54) is 17.0 Å². The number of para-hydroxylation sites is 1. The van der Waals surface area contributed by atoms with Crippen LogP contribution in [0.2, 0.25) is 5.02 Å². The van der Waals surface area contributed by atoms with E-state index in [0.29, 0.717) is 16.7 Å². The Hall–Kier alpha value is -2.80. The zero-order valence-corrected chi connectivity index (χ0v) is 17.9. The number of rotatable bonds is 4. The van der Waals surface area contributed by atoms with Gasteiger partial charge in [0.2, 0.25) is 6.10 Å². The Balaban J connectivity index is 1.25. The van der Waals surface area contributed by atoms with E-state index in [1.807, 2.05) is 41.6 Å². The lowest BCUT2D eigenvalue weighted by Crippen LogP contribution is -2.42. The van der Waals surface area contributed by atoms with Gasteiger partial charge in [-0.1, -0.05) is 29.8 Å². The number of fused-ring (bicyclic) bond motifs is 2. The van der Waals surface area contributed by atoms with Crippen molar-refractivity contribution in [3.05, 3.63) is 65.5 Å². The molecule has 8 heteroatoms. The lowest BCUT2D eigenvalue weighted by Gasteiger charge is -2.33. The molecule has 1 N–H and O–H groups in total. The first kappa shape index (κ1) is 21.1. The Morgan fingerprint density at radius 2 is 2.06 bits per heavy atom. The molecule has 4 nitrogen and oxygen atoms in total. The number of nitrogens with zero attached hydrogens (tertiary/aromatic N) is 1. The fourth-order valence-electron chi connectivity index (χ4n) is 4.32. The molecule has 5 rings (SSSR count). The van der Waals surface area contributed by atoms with Crippen molar-refractivity contribution in [3.63, 3.8) is 0 Å². The molecule has 0 bridgehead atoms. The summed E-state index contributed by atoms with van der Waals surface area (Å²) >= 11 is 6.06. The van der Waals surface area contributed by atoms with Crippen LogP contribution < -0.4 is 14.4 Å². The number of halogens is 4. The van der Waals surface area contributed by atoms with Crippen molar-refractivity contribution in [1.82, 2.24) is 4.98 Å². The number of H-pyrrole nitrogens is 1. The third kappa shape index (κ3) is 4.13. The Morgan fingerprint density at radius 3 is 2.84 bits per heavy atom. The van der Waals surface area contributed by atoms with Crippen LogP contribution in [0.4, 0.5) is 18.9 Å². The minimum atomic E-state index is -4.46. The number of hydrogen-bond acceptors (Lipinski definition) is 3. The van der Waals surface area contributed by atoms with Crippen molar-refractivity contribution < 1.29 is 22.6 Å². The predicted octanol–water partition coefficient (Wildman–Crippen LogP) is 6.50. The van der Waals surface area contributed by atoms with Gasteiger partial charge < -0.3 is 19.4 Å². The van der Waals surface area contributed by atoms with Crippen LogP contribution in [-0.4, -0.2) is 30.4 Å². The van der Waals surface area contributed by atoms with E-state index < -0.39 is 18.9 Å².